The van der Waals surface area contributed by atoms with Crippen molar-refractivity contribution in [3.05, 3.63) is 68.5 Å². The average molecular weight is 316 g/mol. The van der Waals surface area contributed by atoms with E-state index in [4.69, 9.17) is 4.74 Å². The van der Waals surface area contributed by atoms with E-state index in [1.807, 2.05) is 24.0 Å². The Morgan fingerprint density at radius 1 is 1.13 bits per heavy atom. The number of aromatic amines is 1. The van der Waals surface area contributed by atoms with Crippen molar-refractivity contribution in [1.82, 2.24) is 9.55 Å². The third-order valence-electron chi connectivity index (χ3n) is 3.24. The van der Waals surface area contributed by atoms with Crippen LogP contribution in [0.2, 0.25) is 0 Å². The van der Waals surface area contributed by atoms with E-state index in [9.17, 15) is 19.2 Å². The average Bonchev–Trinajstić information content (AvgIpc) is 2.55. The number of aryl methyl sites for hydroxylation is 1. The number of ether oxygens (including phenoxy) is 1. The highest BCUT2D eigenvalue weighted by Crippen LogP contribution is 2.06. The summed E-state index contributed by atoms with van der Waals surface area (Å²) >= 11 is 0. The summed E-state index contributed by atoms with van der Waals surface area (Å²) in [6.07, 6.45) is 2.06. The largest absolute Gasteiger partial charge is 0.456 e. The lowest BCUT2D eigenvalue weighted by Gasteiger charge is -2.06. The second-order valence-electron chi connectivity index (χ2n) is 4.87. The van der Waals surface area contributed by atoms with Crippen molar-refractivity contribution in [2.45, 2.75) is 19.9 Å². The molecule has 7 heteroatoms. The number of nitrogens with zero attached hydrogens (tertiary/aromatic N) is 1. The van der Waals surface area contributed by atoms with Crippen LogP contribution in [0.15, 0.2) is 46.1 Å². The first-order valence-electron chi connectivity index (χ1n) is 7.07. The molecule has 1 aromatic carbocycles. The Bertz CT molecular complexity index is 817. The molecule has 2 rings (SSSR count). The molecule has 0 aliphatic rings. The van der Waals surface area contributed by atoms with E-state index in [0.717, 1.165) is 22.6 Å². The summed E-state index contributed by atoms with van der Waals surface area (Å²) in [7, 11) is 0. The molecule has 2 aromatic rings. The second-order valence-corrected chi connectivity index (χ2v) is 4.87. The first-order valence-corrected chi connectivity index (χ1v) is 7.07. The van der Waals surface area contributed by atoms with E-state index < -0.39 is 23.8 Å². The molecule has 0 saturated carbocycles. The standard InChI is InChI=1S/C16H16N2O5/c1-2-11-3-5-12(6-4-11)13(19)10-23-15(21)9-18-8-7-14(20)17-16(18)22/h3-8H,2,9-10H2,1H3,(H,17,20,22). The summed E-state index contributed by atoms with van der Waals surface area (Å²) in [5, 5.41) is 0. The first kappa shape index (κ1) is 16.4. The van der Waals surface area contributed by atoms with Gasteiger partial charge in [-0.05, 0) is 12.0 Å². The van der Waals surface area contributed by atoms with Gasteiger partial charge in [-0.15, -0.1) is 0 Å². The van der Waals surface area contributed by atoms with Crippen molar-refractivity contribution < 1.29 is 14.3 Å². The molecule has 0 aliphatic heterocycles. The number of hydrogen-bond donors (Lipinski definition) is 1. The van der Waals surface area contributed by atoms with Gasteiger partial charge in [-0.3, -0.25) is 23.9 Å². The third kappa shape index (κ3) is 4.50. The molecule has 0 radical (unpaired) electrons. The van der Waals surface area contributed by atoms with E-state index in [0.29, 0.717) is 5.56 Å². The number of rotatable bonds is 6. The highest BCUT2D eigenvalue weighted by atomic mass is 16.5. The predicted molar refractivity (Wildman–Crippen MR) is 82.4 cm³/mol. The molecule has 0 saturated heterocycles. The van der Waals surface area contributed by atoms with Gasteiger partial charge in [0.1, 0.15) is 6.54 Å². The normalized spacial score (nSPS) is 10.3. The number of esters is 1. The monoisotopic (exact) mass is 316 g/mol. The van der Waals surface area contributed by atoms with Crippen LogP contribution in [0, 0.1) is 0 Å². The lowest BCUT2D eigenvalue weighted by atomic mass is 10.1. The lowest BCUT2D eigenvalue weighted by Crippen LogP contribution is -2.31. The topological polar surface area (TPSA) is 98.2 Å². The Kier molecular flexibility index (Phi) is 5.24. The molecule has 0 spiro atoms. The van der Waals surface area contributed by atoms with Gasteiger partial charge in [0.05, 0.1) is 0 Å². The molecular weight excluding hydrogens is 300 g/mol. The molecule has 1 aromatic heterocycles. The van der Waals surface area contributed by atoms with E-state index in [1.165, 1.54) is 6.20 Å². The van der Waals surface area contributed by atoms with Crippen molar-refractivity contribution in [2.24, 2.45) is 0 Å². The Hall–Kier alpha value is -2.96. The Labute approximate surface area is 131 Å². The number of hydrogen-bond acceptors (Lipinski definition) is 5. The van der Waals surface area contributed by atoms with Gasteiger partial charge in [0.15, 0.2) is 12.4 Å². The smallest absolute Gasteiger partial charge is 0.328 e. The van der Waals surface area contributed by atoms with Crippen molar-refractivity contribution in [1.29, 1.82) is 0 Å². The quantitative estimate of drug-likeness (QED) is 0.619. The summed E-state index contributed by atoms with van der Waals surface area (Å²) in [6.45, 7) is 1.23. The van der Waals surface area contributed by atoms with Crippen LogP contribution in [0.25, 0.3) is 0 Å². The summed E-state index contributed by atoms with van der Waals surface area (Å²) in [6, 6.07) is 8.17. The van der Waals surface area contributed by atoms with E-state index in [2.05, 4.69) is 0 Å². The molecule has 0 aliphatic carbocycles. The third-order valence-corrected chi connectivity index (χ3v) is 3.24. The Morgan fingerprint density at radius 3 is 2.43 bits per heavy atom. The maximum Gasteiger partial charge on any atom is 0.328 e. The zero-order valence-electron chi connectivity index (χ0n) is 12.6. The minimum absolute atomic E-state index is 0.324. The molecule has 0 amide bonds. The summed E-state index contributed by atoms with van der Waals surface area (Å²) in [5.74, 6) is -1.06. The number of carbonyl (C=O) groups is 2. The van der Waals surface area contributed by atoms with Crippen LogP contribution in [-0.4, -0.2) is 27.9 Å². The van der Waals surface area contributed by atoms with Crippen LogP contribution in [-0.2, 0) is 22.5 Å². The number of ketones is 1. The van der Waals surface area contributed by atoms with Crippen LogP contribution < -0.4 is 11.2 Å². The van der Waals surface area contributed by atoms with Gasteiger partial charge in [-0.2, -0.15) is 0 Å². The SMILES string of the molecule is CCc1ccc(C(=O)COC(=O)Cn2ccc(=O)[nH]c2=O)cc1. The van der Waals surface area contributed by atoms with Crippen molar-refractivity contribution in [3.63, 3.8) is 0 Å². The van der Waals surface area contributed by atoms with Crippen LogP contribution in [0.4, 0.5) is 0 Å². The molecule has 120 valence electrons. The van der Waals surface area contributed by atoms with Crippen LogP contribution >= 0.6 is 0 Å². The minimum atomic E-state index is -0.738. The van der Waals surface area contributed by atoms with Crippen LogP contribution in [0.3, 0.4) is 0 Å². The number of benzene rings is 1. The molecular formula is C16H16N2O5. The minimum Gasteiger partial charge on any atom is -0.456 e. The van der Waals surface area contributed by atoms with Crippen LogP contribution in [0.5, 0.6) is 0 Å². The van der Waals surface area contributed by atoms with E-state index in [1.54, 1.807) is 12.1 Å². The number of H-pyrrole nitrogens is 1. The van der Waals surface area contributed by atoms with E-state index in [-0.39, 0.29) is 12.3 Å². The number of carbonyl (C=O) groups excluding carboxylic acids is 2. The second kappa shape index (κ2) is 7.35. The number of Topliss-reactive ketones (excluding diaryl/α,β-unsaturated/α-hetero) is 1. The number of aromatic nitrogens is 2. The van der Waals surface area contributed by atoms with Gasteiger partial charge in [0.25, 0.3) is 5.56 Å². The highest BCUT2D eigenvalue weighted by molar-refractivity contribution is 5.97. The van der Waals surface area contributed by atoms with Crippen LogP contribution in [0.1, 0.15) is 22.8 Å². The first-order chi connectivity index (χ1) is 11.0. The van der Waals surface area contributed by atoms with Gasteiger partial charge in [0, 0.05) is 17.8 Å². The molecule has 0 atom stereocenters. The van der Waals surface area contributed by atoms with E-state index >= 15 is 0 Å². The molecule has 0 unspecified atom stereocenters. The zero-order valence-corrected chi connectivity index (χ0v) is 12.6. The Balaban J connectivity index is 1.91. The van der Waals surface area contributed by atoms with Gasteiger partial charge >= 0.3 is 11.7 Å². The van der Waals surface area contributed by atoms with Gasteiger partial charge in [-0.25, -0.2) is 4.79 Å². The zero-order chi connectivity index (χ0) is 16.8. The molecule has 0 bridgehead atoms. The van der Waals surface area contributed by atoms with Crippen molar-refractivity contribution in [3.8, 4) is 0 Å². The van der Waals surface area contributed by atoms with Gasteiger partial charge in [0.2, 0.25) is 0 Å². The highest BCUT2D eigenvalue weighted by Gasteiger charge is 2.11. The molecule has 23 heavy (non-hydrogen) atoms. The summed E-state index contributed by atoms with van der Waals surface area (Å²) in [4.78, 5) is 47.9. The fraction of sp³-hybridized carbons (Fsp3) is 0.250. The maximum atomic E-state index is 11.9. The lowest BCUT2D eigenvalue weighted by molar-refractivity contribution is -0.143. The number of nitrogens with one attached hydrogen (secondary N) is 1. The molecule has 1 N–H and O–H groups in total. The van der Waals surface area contributed by atoms with Crippen molar-refractivity contribution in [2.75, 3.05) is 6.61 Å². The Morgan fingerprint density at radius 2 is 1.83 bits per heavy atom. The molecule has 7 nitrogen and oxygen atoms in total. The maximum absolute atomic E-state index is 11.9. The summed E-state index contributed by atoms with van der Waals surface area (Å²) in [5.41, 5.74) is 0.299. The van der Waals surface area contributed by atoms with Gasteiger partial charge < -0.3 is 4.74 Å². The molecule has 0 fully saturated rings. The molecule has 1 heterocycles. The predicted octanol–water partition coefficient (Wildman–Crippen LogP) is 0.525. The van der Waals surface area contributed by atoms with Gasteiger partial charge in [-0.1, -0.05) is 31.2 Å². The summed E-state index contributed by atoms with van der Waals surface area (Å²) < 4.78 is 5.85. The fourth-order valence-corrected chi connectivity index (χ4v) is 1.91. The fourth-order valence-electron chi connectivity index (χ4n) is 1.91. The van der Waals surface area contributed by atoms with Crippen molar-refractivity contribution >= 4 is 11.8 Å².